The molecule has 0 bridgehead atoms. The van der Waals surface area contributed by atoms with Crippen LogP contribution in [0.25, 0.3) is 0 Å². The fourth-order valence-electron chi connectivity index (χ4n) is 4.47. The molecule has 1 aromatic rings. The highest BCUT2D eigenvalue weighted by atomic mass is 16.4. The van der Waals surface area contributed by atoms with Gasteiger partial charge in [-0.25, -0.2) is 4.79 Å². The Balaban J connectivity index is 1.56. The number of aromatic carboxylic acids is 1. The van der Waals surface area contributed by atoms with Crippen LogP contribution >= 0.6 is 0 Å². The minimum Gasteiger partial charge on any atom is -0.478 e. The maximum absolute atomic E-state index is 13.0. The predicted molar refractivity (Wildman–Crippen MR) is 106 cm³/mol. The zero-order valence-corrected chi connectivity index (χ0v) is 16.6. The molecule has 1 unspecified atom stereocenters. The minimum absolute atomic E-state index is 0.0892. The first kappa shape index (κ1) is 20.4. The van der Waals surface area contributed by atoms with Gasteiger partial charge >= 0.3 is 5.97 Å². The summed E-state index contributed by atoms with van der Waals surface area (Å²) in [5, 5.41) is 9.35. The van der Waals surface area contributed by atoms with Crippen molar-refractivity contribution in [3.63, 3.8) is 0 Å². The third-order valence-electron chi connectivity index (χ3n) is 6.00. The molecule has 2 amide bonds. The molecule has 2 heterocycles. The standard InChI is InChI=1S/C22H30N2O4/c1-2-6-20(25)24-12-5-9-19(24)21(26)23-13-10-16(11-14-23)15-17-7-3-4-8-18(17)22(27)28/h3-4,7-8,16,19H,2,5-6,9-15H2,1H3,(H,27,28). The molecular formula is C22H30N2O4. The highest BCUT2D eigenvalue weighted by molar-refractivity contribution is 5.89. The van der Waals surface area contributed by atoms with E-state index in [1.807, 2.05) is 24.0 Å². The topological polar surface area (TPSA) is 77.9 Å². The predicted octanol–water partition coefficient (Wildman–Crippen LogP) is 2.96. The molecule has 0 aromatic heterocycles. The SMILES string of the molecule is CCCC(=O)N1CCCC1C(=O)N1CCC(Cc2ccccc2C(=O)O)CC1. The number of carbonyl (C=O) groups excluding carboxylic acids is 2. The second-order valence-corrected chi connectivity index (χ2v) is 7.93. The van der Waals surface area contributed by atoms with Crippen LogP contribution in [0, 0.1) is 5.92 Å². The molecule has 0 aliphatic carbocycles. The van der Waals surface area contributed by atoms with Crippen molar-refractivity contribution in [3.8, 4) is 0 Å². The molecule has 2 aliphatic heterocycles. The summed E-state index contributed by atoms with van der Waals surface area (Å²) in [4.78, 5) is 40.4. The number of likely N-dealkylation sites (tertiary alicyclic amines) is 2. The first-order valence-corrected chi connectivity index (χ1v) is 10.4. The third kappa shape index (κ3) is 4.54. The number of carbonyl (C=O) groups is 3. The van der Waals surface area contributed by atoms with Gasteiger partial charge < -0.3 is 14.9 Å². The lowest BCUT2D eigenvalue weighted by Gasteiger charge is -2.35. The Kier molecular flexibility index (Phi) is 6.70. The molecule has 2 aliphatic rings. The van der Waals surface area contributed by atoms with Gasteiger partial charge in [-0.3, -0.25) is 9.59 Å². The molecule has 2 saturated heterocycles. The van der Waals surface area contributed by atoms with E-state index in [0.717, 1.165) is 44.1 Å². The lowest BCUT2D eigenvalue weighted by molar-refractivity contribution is -0.144. The normalized spacial score (nSPS) is 20.4. The number of rotatable bonds is 6. The van der Waals surface area contributed by atoms with Gasteiger partial charge in [0.1, 0.15) is 6.04 Å². The molecule has 0 saturated carbocycles. The third-order valence-corrected chi connectivity index (χ3v) is 6.00. The Labute approximate surface area is 166 Å². The number of benzene rings is 1. The Morgan fingerprint density at radius 3 is 2.46 bits per heavy atom. The zero-order valence-electron chi connectivity index (χ0n) is 16.6. The molecule has 28 heavy (non-hydrogen) atoms. The molecule has 3 rings (SSSR count). The number of piperidine rings is 1. The van der Waals surface area contributed by atoms with E-state index in [4.69, 9.17) is 0 Å². The van der Waals surface area contributed by atoms with Crippen molar-refractivity contribution < 1.29 is 19.5 Å². The summed E-state index contributed by atoms with van der Waals surface area (Å²) >= 11 is 0. The number of carboxylic acid groups (broad SMARTS) is 1. The van der Waals surface area contributed by atoms with Crippen LogP contribution in [0.1, 0.15) is 61.4 Å². The molecule has 152 valence electrons. The average molecular weight is 386 g/mol. The van der Waals surface area contributed by atoms with Crippen molar-refractivity contribution in [2.24, 2.45) is 5.92 Å². The summed E-state index contributed by atoms with van der Waals surface area (Å²) in [7, 11) is 0. The fourth-order valence-corrected chi connectivity index (χ4v) is 4.47. The van der Waals surface area contributed by atoms with Crippen molar-refractivity contribution >= 4 is 17.8 Å². The van der Waals surface area contributed by atoms with Gasteiger partial charge in [0.05, 0.1) is 5.56 Å². The zero-order chi connectivity index (χ0) is 20.1. The van der Waals surface area contributed by atoms with Gasteiger partial charge in [-0.15, -0.1) is 0 Å². The van der Waals surface area contributed by atoms with Crippen molar-refractivity contribution in [2.75, 3.05) is 19.6 Å². The van der Waals surface area contributed by atoms with Crippen LogP contribution in [-0.4, -0.2) is 58.4 Å². The summed E-state index contributed by atoms with van der Waals surface area (Å²) in [5.74, 6) is -0.322. The lowest BCUT2D eigenvalue weighted by Crippen LogP contribution is -2.50. The maximum Gasteiger partial charge on any atom is 0.335 e. The molecule has 0 spiro atoms. The fraction of sp³-hybridized carbons (Fsp3) is 0.591. The van der Waals surface area contributed by atoms with E-state index in [9.17, 15) is 19.5 Å². The summed E-state index contributed by atoms with van der Waals surface area (Å²) in [5.41, 5.74) is 1.24. The van der Waals surface area contributed by atoms with Crippen molar-refractivity contribution in [1.82, 2.24) is 9.80 Å². The van der Waals surface area contributed by atoms with Crippen LogP contribution in [0.15, 0.2) is 24.3 Å². The Hall–Kier alpha value is -2.37. The molecule has 1 N–H and O–H groups in total. The first-order chi connectivity index (χ1) is 13.5. The van der Waals surface area contributed by atoms with Gasteiger partial charge in [-0.2, -0.15) is 0 Å². The van der Waals surface area contributed by atoms with E-state index in [0.29, 0.717) is 37.5 Å². The van der Waals surface area contributed by atoms with Crippen LogP contribution < -0.4 is 0 Å². The highest BCUT2D eigenvalue weighted by Gasteiger charge is 2.37. The van der Waals surface area contributed by atoms with E-state index < -0.39 is 5.97 Å². The summed E-state index contributed by atoms with van der Waals surface area (Å²) in [6.07, 6.45) is 5.45. The summed E-state index contributed by atoms with van der Waals surface area (Å²) in [6.45, 7) is 4.05. The van der Waals surface area contributed by atoms with Crippen LogP contribution in [-0.2, 0) is 16.0 Å². The van der Waals surface area contributed by atoms with E-state index >= 15 is 0 Å². The van der Waals surface area contributed by atoms with E-state index in [-0.39, 0.29) is 17.9 Å². The second kappa shape index (κ2) is 9.22. The van der Waals surface area contributed by atoms with Gasteiger partial charge in [0.15, 0.2) is 0 Å². The number of amides is 2. The highest BCUT2D eigenvalue weighted by Crippen LogP contribution is 2.26. The van der Waals surface area contributed by atoms with Gasteiger partial charge in [0.25, 0.3) is 0 Å². The minimum atomic E-state index is -0.888. The number of hydrogen-bond donors (Lipinski definition) is 1. The molecule has 6 nitrogen and oxygen atoms in total. The van der Waals surface area contributed by atoms with E-state index in [1.165, 1.54) is 0 Å². The van der Waals surface area contributed by atoms with Crippen LogP contribution in [0.2, 0.25) is 0 Å². The van der Waals surface area contributed by atoms with Crippen molar-refractivity contribution in [2.45, 2.75) is 57.9 Å². The molecule has 0 radical (unpaired) electrons. The Morgan fingerprint density at radius 2 is 1.79 bits per heavy atom. The first-order valence-electron chi connectivity index (χ1n) is 10.4. The summed E-state index contributed by atoms with van der Waals surface area (Å²) < 4.78 is 0. The Bertz CT molecular complexity index is 725. The number of hydrogen-bond acceptors (Lipinski definition) is 3. The van der Waals surface area contributed by atoms with E-state index in [1.54, 1.807) is 17.0 Å². The van der Waals surface area contributed by atoms with Gasteiger partial charge in [0.2, 0.25) is 11.8 Å². The number of nitrogens with zero attached hydrogens (tertiary/aromatic N) is 2. The van der Waals surface area contributed by atoms with Crippen LogP contribution in [0.3, 0.4) is 0 Å². The van der Waals surface area contributed by atoms with Gasteiger partial charge in [0, 0.05) is 26.1 Å². The molecule has 1 aromatic carbocycles. The largest absolute Gasteiger partial charge is 0.478 e. The number of carboxylic acids is 1. The van der Waals surface area contributed by atoms with Crippen molar-refractivity contribution in [1.29, 1.82) is 0 Å². The quantitative estimate of drug-likeness (QED) is 0.815. The van der Waals surface area contributed by atoms with E-state index in [2.05, 4.69) is 0 Å². The monoisotopic (exact) mass is 386 g/mol. The van der Waals surface area contributed by atoms with Gasteiger partial charge in [-0.05, 0) is 56.1 Å². The maximum atomic E-state index is 13.0. The Morgan fingerprint density at radius 1 is 1.07 bits per heavy atom. The lowest BCUT2D eigenvalue weighted by atomic mass is 9.88. The molecule has 1 atom stereocenters. The summed E-state index contributed by atoms with van der Waals surface area (Å²) in [6, 6.07) is 6.88. The molecule has 6 heteroatoms. The smallest absolute Gasteiger partial charge is 0.335 e. The molecule has 2 fully saturated rings. The average Bonchev–Trinajstić information content (AvgIpc) is 3.18. The second-order valence-electron chi connectivity index (χ2n) is 7.93. The molecular weight excluding hydrogens is 356 g/mol. The van der Waals surface area contributed by atoms with Crippen LogP contribution in [0.5, 0.6) is 0 Å². The van der Waals surface area contributed by atoms with Gasteiger partial charge in [-0.1, -0.05) is 25.1 Å². The van der Waals surface area contributed by atoms with Crippen LogP contribution in [0.4, 0.5) is 0 Å². The van der Waals surface area contributed by atoms with Crippen molar-refractivity contribution in [3.05, 3.63) is 35.4 Å².